The van der Waals surface area contributed by atoms with Gasteiger partial charge in [-0.25, -0.2) is 0 Å². The molecule has 1 N–H and O–H groups in total. The molecule has 3 rings (SSSR count). The zero-order chi connectivity index (χ0) is 26.1. The molecule has 0 atom stereocenters. The molecule has 1 radical (unpaired) electrons. The Morgan fingerprint density at radius 1 is 0.944 bits per heavy atom. The molecule has 1 aromatic heterocycles. The summed E-state index contributed by atoms with van der Waals surface area (Å²) in [6, 6.07) is 16.6. The second-order valence-electron chi connectivity index (χ2n) is 10.9. The van der Waals surface area contributed by atoms with E-state index in [1.54, 1.807) is 0 Å². The van der Waals surface area contributed by atoms with Crippen LogP contribution in [0.25, 0.3) is 22.0 Å². The van der Waals surface area contributed by atoms with Gasteiger partial charge in [0.15, 0.2) is 5.78 Å². The summed E-state index contributed by atoms with van der Waals surface area (Å²) in [7, 11) is 0. The van der Waals surface area contributed by atoms with Crippen LogP contribution < -0.4 is 0 Å². The minimum Gasteiger partial charge on any atom is -0.512 e. The van der Waals surface area contributed by atoms with Gasteiger partial charge < -0.3 is 10.1 Å². The van der Waals surface area contributed by atoms with Crippen molar-refractivity contribution >= 4 is 16.6 Å². The molecule has 3 aromatic rings. The molecule has 3 nitrogen and oxygen atoms in total. The van der Waals surface area contributed by atoms with Crippen LogP contribution in [0.1, 0.15) is 71.1 Å². The van der Waals surface area contributed by atoms with E-state index in [2.05, 4.69) is 75.1 Å². The van der Waals surface area contributed by atoms with Gasteiger partial charge in [0.2, 0.25) is 0 Å². The fourth-order valence-electron chi connectivity index (χ4n) is 4.18. The number of nitrogens with zero attached hydrogens (tertiary/aromatic N) is 1. The topological polar surface area (TPSA) is 50.2 Å². The average Bonchev–Trinajstić information content (AvgIpc) is 2.71. The van der Waals surface area contributed by atoms with Crippen molar-refractivity contribution in [3.8, 4) is 11.3 Å². The number of carbonyl (C=O) groups is 1. The fourth-order valence-corrected chi connectivity index (χ4v) is 4.18. The SMILES string of the molecule is CC(C)CC(=O)/C=C(\O)CC(C)C.Cc1[c-]c(-c2nccc3ccc(CC(C)C)cc23)cc(C)c1.[Ir]. The molecule has 197 valence electrons. The van der Waals surface area contributed by atoms with Crippen molar-refractivity contribution < 1.29 is 30.0 Å². The first kappa shape index (κ1) is 31.7. The van der Waals surface area contributed by atoms with E-state index in [0.717, 1.165) is 23.2 Å². The number of benzene rings is 2. The van der Waals surface area contributed by atoms with Crippen molar-refractivity contribution in [3.63, 3.8) is 0 Å². The third-order valence-corrected chi connectivity index (χ3v) is 5.43. The van der Waals surface area contributed by atoms with Crippen LogP contribution in [0.2, 0.25) is 0 Å². The Balaban J connectivity index is 0.000000402. The number of aromatic nitrogens is 1. The van der Waals surface area contributed by atoms with Gasteiger partial charge in [0.25, 0.3) is 0 Å². The fraction of sp³-hybridized carbons (Fsp3) is 0.438. The van der Waals surface area contributed by atoms with Crippen molar-refractivity contribution in [2.45, 2.75) is 74.7 Å². The first-order valence-electron chi connectivity index (χ1n) is 12.8. The van der Waals surface area contributed by atoms with Crippen molar-refractivity contribution in [2.75, 3.05) is 0 Å². The van der Waals surface area contributed by atoms with Crippen LogP contribution in [0.3, 0.4) is 0 Å². The number of allylic oxidation sites excluding steroid dienone is 2. The number of hydrogen-bond donors (Lipinski definition) is 1. The molecule has 0 bridgehead atoms. The Labute approximate surface area is 231 Å². The minimum absolute atomic E-state index is 0. The number of aryl methyl sites for hydroxylation is 2. The van der Waals surface area contributed by atoms with Crippen molar-refractivity contribution in [3.05, 3.63) is 77.2 Å². The Kier molecular flexibility index (Phi) is 13.3. The second-order valence-corrected chi connectivity index (χ2v) is 10.9. The Hall–Kier alpha value is -2.29. The summed E-state index contributed by atoms with van der Waals surface area (Å²) in [5, 5.41) is 11.8. The molecule has 0 amide bonds. The summed E-state index contributed by atoms with van der Waals surface area (Å²) in [6.07, 6.45) is 5.46. The largest absolute Gasteiger partial charge is 0.512 e. The number of pyridine rings is 1. The van der Waals surface area contributed by atoms with Gasteiger partial charge in [-0.15, -0.1) is 34.9 Å². The van der Waals surface area contributed by atoms with E-state index in [1.807, 2.05) is 33.9 Å². The normalized spacial score (nSPS) is 11.5. The predicted molar refractivity (Wildman–Crippen MR) is 149 cm³/mol. The van der Waals surface area contributed by atoms with Gasteiger partial charge in [-0.05, 0) is 52.3 Å². The van der Waals surface area contributed by atoms with Gasteiger partial charge in [0, 0.05) is 45.2 Å². The summed E-state index contributed by atoms with van der Waals surface area (Å²) in [4.78, 5) is 15.9. The third-order valence-electron chi connectivity index (χ3n) is 5.43. The van der Waals surface area contributed by atoms with Gasteiger partial charge in [0.05, 0.1) is 5.76 Å². The summed E-state index contributed by atoms with van der Waals surface area (Å²) in [6.45, 7) is 16.7. The maximum Gasteiger partial charge on any atom is 0.159 e. The molecule has 36 heavy (non-hydrogen) atoms. The first-order chi connectivity index (χ1) is 16.4. The van der Waals surface area contributed by atoms with Crippen LogP contribution in [0.15, 0.2) is 54.4 Å². The zero-order valence-corrected chi connectivity index (χ0v) is 25.5. The predicted octanol–water partition coefficient (Wildman–Crippen LogP) is 8.60. The van der Waals surface area contributed by atoms with Crippen LogP contribution >= 0.6 is 0 Å². The summed E-state index contributed by atoms with van der Waals surface area (Å²) < 4.78 is 0. The summed E-state index contributed by atoms with van der Waals surface area (Å²) in [5.41, 5.74) is 5.91. The molecular weight excluding hydrogens is 623 g/mol. The number of aliphatic hydroxyl groups is 1. The number of hydrogen-bond acceptors (Lipinski definition) is 3. The van der Waals surface area contributed by atoms with E-state index in [4.69, 9.17) is 0 Å². The molecule has 0 saturated heterocycles. The van der Waals surface area contributed by atoms with Gasteiger partial charge in [-0.1, -0.05) is 73.6 Å². The maximum absolute atomic E-state index is 11.2. The minimum atomic E-state index is 0. The van der Waals surface area contributed by atoms with Crippen molar-refractivity contribution in [1.82, 2.24) is 4.98 Å². The Morgan fingerprint density at radius 2 is 1.61 bits per heavy atom. The zero-order valence-electron chi connectivity index (χ0n) is 23.1. The van der Waals surface area contributed by atoms with Crippen LogP contribution in [-0.2, 0) is 31.3 Å². The number of ketones is 1. The summed E-state index contributed by atoms with van der Waals surface area (Å²) >= 11 is 0. The first-order valence-corrected chi connectivity index (χ1v) is 12.8. The molecule has 0 spiro atoms. The van der Waals surface area contributed by atoms with Crippen LogP contribution in [0.4, 0.5) is 0 Å². The molecule has 2 aromatic carbocycles. The number of rotatable bonds is 8. The van der Waals surface area contributed by atoms with E-state index in [0.29, 0.717) is 30.6 Å². The van der Waals surface area contributed by atoms with Crippen molar-refractivity contribution in [2.24, 2.45) is 17.8 Å². The van der Waals surface area contributed by atoms with Gasteiger partial charge in [0.1, 0.15) is 0 Å². The molecule has 0 fully saturated rings. The smallest absolute Gasteiger partial charge is 0.159 e. The molecule has 0 aliphatic heterocycles. The van der Waals surface area contributed by atoms with E-state index in [1.165, 1.54) is 28.0 Å². The average molecular weight is 665 g/mol. The van der Waals surface area contributed by atoms with Crippen LogP contribution in [-0.4, -0.2) is 15.9 Å². The molecule has 1 heterocycles. The standard InChI is InChI=1S/C21H22N.C11H20O2.Ir/c1-14(2)9-17-5-6-18-7-8-22-21(20(18)13-17)19-11-15(3)10-16(4)12-19;1-8(2)5-10(12)7-11(13)6-9(3)4;/h5-8,10-11,13-14H,9H2,1-4H3;7-9,12H,5-6H2,1-4H3;/q-1;;/b;10-7-;. The number of aliphatic hydroxyl groups excluding tert-OH is 1. The van der Waals surface area contributed by atoms with Crippen LogP contribution in [0, 0.1) is 37.7 Å². The van der Waals surface area contributed by atoms with E-state index >= 15 is 0 Å². The second kappa shape index (κ2) is 15.1. The van der Waals surface area contributed by atoms with Crippen molar-refractivity contribution in [1.29, 1.82) is 0 Å². The van der Waals surface area contributed by atoms with Gasteiger partial charge in [-0.2, -0.15) is 0 Å². The monoisotopic (exact) mass is 665 g/mol. The maximum atomic E-state index is 11.2. The molecule has 0 saturated carbocycles. The quantitative estimate of drug-likeness (QED) is 0.149. The number of fused-ring (bicyclic) bond motifs is 1. The van der Waals surface area contributed by atoms with Gasteiger partial charge in [-0.3, -0.25) is 4.79 Å². The molecule has 0 aliphatic rings. The summed E-state index contributed by atoms with van der Waals surface area (Å²) in [5.74, 6) is 1.64. The van der Waals surface area contributed by atoms with E-state index in [9.17, 15) is 9.90 Å². The Morgan fingerprint density at radius 3 is 2.19 bits per heavy atom. The Bertz CT molecular complexity index is 1140. The molecule has 4 heteroatoms. The van der Waals surface area contributed by atoms with E-state index in [-0.39, 0.29) is 31.6 Å². The molecule has 0 unspecified atom stereocenters. The van der Waals surface area contributed by atoms with E-state index < -0.39 is 0 Å². The van der Waals surface area contributed by atoms with Crippen LogP contribution in [0.5, 0.6) is 0 Å². The molecular formula is C32H42IrNO2-. The molecule has 0 aliphatic carbocycles. The number of carbonyl (C=O) groups excluding carboxylic acids is 1. The third kappa shape index (κ3) is 10.8. The van der Waals surface area contributed by atoms with Gasteiger partial charge >= 0.3 is 0 Å².